The van der Waals surface area contributed by atoms with Crippen LogP contribution in [-0.4, -0.2) is 43.3 Å². The lowest BCUT2D eigenvalue weighted by Crippen LogP contribution is -2.51. The number of nitrogens with one attached hydrogen (secondary N) is 2. The maximum Gasteiger partial charge on any atom is 0.315 e. The molecule has 5 rings (SSSR count). The number of anilines is 2. The molecule has 0 radical (unpaired) electrons. The summed E-state index contributed by atoms with van der Waals surface area (Å²) in [6, 6.07) is 2.77. The van der Waals surface area contributed by atoms with Crippen LogP contribution in [-0.2, 0) is 0 Å². The molecule has 0 bridgehead atoms. The summed E-state index contributed by atoms with van der Waals surface area (Å²) in [4.78, 5) is 12.2. The zero-order valence-electron chi connectivity index (χ0n) is 18.7. The van der Waals surface area contributed by atoms with Crippen LogP contribution in [0.3, 0.4) is 0 Å². The summed E-state index contributed by atoms with van der Waals surface area (Å²) < 4.78 is 7.51. The molecule has 2 atom stereocenters. The van der Waals surface area contributed by atoms with E-state index in [4.69, 9.17) is 15.9 Å². The first-order valence-corrected chi connectivity index (χ1v) is 11.1. The van der Waals surface area contributed by atoms with Crippen LogP contribution in [0.4, 0.5) is 11.7 Å². The second-order valence-corrected chi connectivity index (χ2v) is 9.92. The first kappa shape index (κ1) is 20.7. The van der Waals surface area contributed by atoms with Gasteiger partial charge in [-0.2, -0.15) is 5.10 Å². The molecule has 2 aliphatic carbocycles. The molecule has 3 heterocycles. The molecule has 0 unspecified atom stereocenters. The molecule has 0 saturated heterocycles. The Kier molecular flexibility index (Phi) is 4.66. The Bertz CT molecular complexity index is 1170. The summed E-state index contributed by atoms with van der Waals surface area (Å²) in [6.07, 6.45) is 8.51. The van der Waals surface area contributed by atoms with Crippen LogP contribution in [0.1, 0.15) is 63.2 Å². The molecule has 0 aromatic carbocycles. The van der Waals surface area contributed by atoms with E-state index in [1.807, 2.05) is 6.07 Å². The Morgan fingerprint density at radius 1 is 1.22 bits per heavy atom. The first-order valence-electron chi connectivity index (χ1n) is 11.1. The molecule has 10 nitrogen and oxygen atoms in total. The summed E-state index contributed by atoms with van der Waals surface area (Å²) in [6.45, 7) is 6.38. The molecule has 6 N–H and O–H groups in total. The van der Waals surface area contributed by atoms with Crippen molar-refractivity contribution in [2.24, 2.45) is 16.9 Å². The van der Waals surface area contributed by atoms with Crippen LogP contribution < -0.4 is 22.1 Å². The number of carbonyl (C=O) groups is 1. The quantitative estimate of drug-likeness (QED) is 0.459. The van der Waals surface area contributed by atoms with Gasteiger partial charge in [-0.1, -0.05) is 18.9 Å². The van der Waals surface area contributed by atoms with E-state index in [9.17, 15) is 4.79 Å². The molecule has 0 aliphatic heterocycles. The summed E-state index contributed by atoms with van der Waals surface area (Å²) in [5, 5.41) is 19.5. The molecule has 1 amide bonds. The van der Waals surface area contributed by atoms with Crippen LogP contribution in [0.25, 0.3) is 17.0 Å². The standard InChI is InChI=1S/C22H30N8O2/c1-21(2)16(7-8-22(21,3)24)27-17-14(18(23)31)10-25-30-11-12(9-15(17)30)19-28-29-20(32-19)26-13-5-4-6-13/h9-11,13,16,27H,4-8,24H2,1-3H3,(H2,23,31)(H,26,29)/t16-,22+/m1/s1. The van der Waals surface area contributed by atoms with E-state index in [0.717, 1.165) is 25.7 Å². The Morgan fingerprint density at radius 3 is 2.62 bits per heavy atom. The highest BCUT2D eigenvalue weighted by molar-refractivity contribution is 6.02. The topological polar surface area (TPSA) is 149 Å². The molecular formula is C22H30N8O2. The molecule has 10 heteroatoms. The Labute approximate surface area is 186 Å². The largest absolute Gasteiger partial charge is 0.403 e. The molecule has 2 fully saturated rings. The zero-order valence-corrected chi connectivity index (χ0v) is 18.7. The monoisotopic (exact) mass is 438 g/mol. The van der Waals surface area contributed by atoms with Gasteiger partial charge in [0.15, 0.2) is 0 Å². The van der Waals surface area contributed by atoms with Gasteiger partial charge < -0.3 is 26.5 Å². The maximum atomic E-state index is 12.2. The van der Waals surface area contributed by atoms with Gasteiger partial charge in [-0.25, -0.2) is 4.52 Å². The molecular weight excluding hydrogens is 408 g/mol. The van der Waals surface area contributed by atoms with Gasteiger partial charge in [0.25, 0.3) is 11.8 Å². The lowest BCUT2D eigenvalue weighted by Gasteiger charge is -2.39. The minimum atomic E-state index is -0.540. The number of hydrogen-bond donors (Lipinski definition) is 4. The third-order valence-electron chi connectivity index (χ3n) is 7.62. The number of primary amides is 1. The number of amides is 1. The average Bonchev–Trinajstić information content (AvgIpc) is 3.37. The molecule has 2 aliphatic rings. The second-order valence-electron chi connectivity index (χ2n) is 9.92. The number of rotatable bonds is 6. The fourth-order valence-corrected chi connectivity index (χ4v) is 4.59. The SMILES string of the molecule is CC1(C)[C@H](Nc2c(C(N)=O)cnn3cc(-c4nnc(NC5CCC5)o4)cc23)CC[C@]1(C)N. The number of nitrogens with zero attached hydrogens (tertiary/aromatic N) is 4. The fourth-order valence-electron chi connectivity index (χ4n) is 4.59. The summed E-state index contributed by atoms with van der Waals surface area (Å²) in [5.74, 6) is -0.152. The summed E-state index contributed by atoms with van der Waals surface area (Å²) in [5.41, 5.74) is 14.1. The Balaban J connectivity index is 1.51. The van der Waals surface area contributed by atoms with E-state index in [1.165, 1.54) is 12.6 Å². The van der Waals surface area contributed by atoms with Gasteiger partial charge in [0.2, 0.25) is 0 Å². The van der Waals surface area contributed by atoms with E-state index in [2.05, 4.69) is 46.7 Å². The van der Waals surface area contributed by atoms with Crippen molar-refractivity contribution in [3.8, 4) is 11.5 Å². The van der Waals surface area contributed by atoms with Crippen molar-refractivity contribution in [2.45, 2.75) is 70.5 Å². The minimum absolute atomic E-state index is 0.0711. The van der Waals surface area contributed by atoms with E-state index in [0.29, 0.717) is 40.3 Å². The number of hydrogen-bond acceptors (Lipinski definition) is 8. The van der Waals surface area contributed by atoms with Gasteiger partial charge in [0, 0.05) is 29.2 Å². The highest BCUT2D eigenvalue weighted by Gasteiger charge is 2.49. The van der Waals surface area contributed by atoms with E-state index in [-0.39, 0.29) is 17.0 Å². The van der Waals surface area contributed by atoms with Crippen molar-refractivity contribution in [3.05, 3.63) is 24.0 Å². The van der Waals surface area contributed by atoms with Crippen LogP contribution >= 0.6 is 0 Å². The normalized spacial score (nSPS) is 25.1. The van der Waals surface area contributed by atoms with Gasteiger partial charge in [-0.15, -0.1) is 5.10 Å². The Hall–Kier alpha value is -3.14. The van der Waals surface area contributed by atoms with Crippen molar-refractivity contribution >= 4 is 23.1 Å². The smallest absolute Gasteiger partial charge is 0.315 e. The molecule has 3 aromatic heterocycles. The van der Waals surface area contributed by atoms with Gasteiger partial charge >= 0.3 is 6.01 Å². The zero-order chi connectivity index (χ0) is 22.7. The Morgan fingerprint density at radius 2 is 2.00 bits per heavy atom. The summed E-state index contributed by atoms with van der Waals surface area (Å²) >= 11 is 0. The van der Waals surface area contributed by atoms with Crippen LogP contribution in [0.2, 0.25) is 0 Å². The van der Waals surface area contributed by atoms with E-state index in [1.54, 1.807) is 10.7 Å². The molecule has 170 valence electrons. The van der Waals surface area contributed by atoms with Gasteiger partial charge in [-0.3, -0.25) is 4.79 Å². The maximum absolute atomic E-state index is 12.2. The highest BCUT2D eigenvalue weighted by atomic mass is 16.4. The van der Waals surface area contributed by atoms with Crippen molar-refractivity contribution in [2.75, 3.05) is 10.6 Å². The van der Waals surface area contributed by atoms with Gasteiger partial charge in [0.1, 0.15) is 0 Å². The second kappa shape index (κ2) is 7.19. The predicted octanol–water partition coefficient (Wildman–Crippen LogP) is 2.77. The van der Waals surface area contributed by atoms with Crippen molar-refractivity contribution in [1.29, 1.82) is 0 Å². The number of nitrogens with two attached hydrogens (primary N) is 2. The average molecular weight is 439 g/mol. The molecule has 3 aromatic rings. The van der Waals surface area contributed by atoms with Crippen LogP contribution in [0.15, 0.2) is 22.9 Å². The van der Waals surface area contributed by atoms with E-state index >= 15 is 0 Å². The molecule has 2 saturated carbocycles. The van der Waals surface area contributed by atoms with Crippen LogP contribution in [0, 0.1) is 5.41 Å². The van der Waals surface area contributed by atoms with Gasteiger partial charge in [-0.05, 0) is 45.1 Å². The van der Waals surface area contributed by atoms with Crippen molar-refractivity contribution in [1.82, 2.24) is 19.8 Å². The predicted molar refractivity (Wildman–Crippen MR) is 121 cm³/mol. The highest BCUT2D eigenvalue weighted by Crippen LogP contribution is 2.46. The van der Waals surface area contributed by atoms with Crippen LogP contribution in [0.5, 0.6) is 0 Å². The van der Waals surface area contributed by atoms with E-state index < -0.39 is 5.91 Å². The van der Waals surface area contributed by atoms with Gasteiger partial charge in [0.05, 0.1) is 28.5 Å². The molecule has 32 heavy (non-hydrogen) atoms. The fraction of sp³-hybridized carbons (Fsp3) is 0.545. The number of fused-ring (bicyclic) bond motifs is 1. The molecule has 0 spiro atoms. The summed E-state index contributed by atoms with van der Waals surface area (Å²) in [7, 11) is 0. The number of aromatic nitrogens is 4. The lowest BCUT2D eigenvalue weighted by atomic mass is 9.75. The van der Waals surface area contributed by atoms with Crippen molar-refractivity contribution < 1.29 is 9.21 Å². The van der Waals surface area contributed by atoms with Crippen molar-refractivity contribution in [3.63, 3.8) is 0 Å². The first-order chi connectivity index (χ1) is 15.2. The lowest BCUT2D eigenvalue weighted by molar-refractivity contribution is 0.100. The number of carbonyl (C=O) groups excluding carboxylic acids is 1. The minimum Gasteiger partial charge on any atom is -0.403 e. The third-order valence-corrected chi connectivity index (χ3v) is 7.62. The third kappa shape index (κ3) is 3.29.